The zero-order chi connectivity index (χ0) is 50.5. The monoisotopic (exact) mass is 973 g/mol. The number of carbonyl (C=O) groups is 7. The lowest BCUT2D eigenvalue weighted by molar-refractivity contribution is -0.144. The molecule has 5 amide bonds. The fourth-order valence-electron chi connectivity index (χ4n) is 6.44. The lowest BCUT2D eigenvalue weighted by atomic mass is 10.1. The predicted octanol–water partition coefficient (Wildman–Crippen LogP) is 4.92. The number of esters is 2. The van der Waals surface area contributed by atoms with E-state index < -0.39 is 47.9 Å². The van der Waals surface area contributed by atoms with Crippen molar-refractivity contribution in [3.63, 3.8) is 0 Å². The number of benzene rings is 2. The van der Waals surface area contributed by atoms with Crippen LogP contribution in [-0.4, -0.2) is 145 Å². The molecule has 1 unspecified atom stereocenters. The molecule has 0 saturated carbocycles. The summed E-state index contributed by atoms with van der Waals surface area (Å²) >= 11 is 0. The maximum absolute atomic E-state index is 12.6. The van der Waals surface area contributed by atoms with Gasteiger partial charge in [-0.3, -0.25) is 9.59 Å². The third-order valence-corrected chi connectivity index (χ3v) is 10.1. The highest BCUT2D eigenvalue weighted by molar-refractivity contribution is 5.83. The van der Waals surface area contributed by atoms with Gasteiger partial charge in [-0.1, -0.05) is 73.5 Å². The fraction of sp³-hybridized carbons (Fsp3) is 0.612. The van der Waals surface area contributed by atoms with E-state index in [-0.39, 0.29) is 50.7 Å². The number of ether oxygens (including phenoxy) is 7. The molecule has 0 heterocycles. The second kappa shape index (κ2) is 36.1. The molecule has 20 heteroatoms. The molecule has 2 aromatic carbocycles. The molecule has 0 radical (unpaired) electrons. The van der Waals surface area contributed by atoms with Crippen LogP contribution < -0.4 is 26.6 Å². The molecule has 0 bridgehead atoms. The Morgan fingerprint density at radius 1 is 0.522 bits per heavy atom. The standard InChI is InChI=1S/C49H76N6O14/c1-49(2,3)69-46(60)52-28-32-65-34-35-66-33-31-55(29-16-8-14-26-50-42(56)24-22-40(44(58)63-4)53-47(61)67-36-38-18-10-6-11-19-38)30-17-9-15-27-51-43(57)25-23-41(45(59)64-5)54-48(62)68-37-39-20-12-7-13-21-39/h6-7,10-13,18-21,40-41H,8-9,14-17,22-37H2,1-5H3,(H,50,56)(H,51,57)(H,52,60)(H,53,61)(H,54,62)/t40-,41?/m0/s1. The number of nitrogens with zero attached hydrogens (tertiary/aromatic N) is 1. The maximum atomic E-state index is 12.6. The Morgan fingerprint density at radius 2 is 0.971 bits per heavy atom. The van der Waals surface area contributed by atoms with E-state index in [1.54, 1.807) is 20.8 Å². The molecule has 2 atom stereocenters. The van der Waals surface area contributed by atoms with Gasteiger partial charge >= 0.3 is 30.2 Å². The number of methoxy groups -OCH3 is 2. The van der Waals surface area contributed by atoms with E-state index in [0.29, 0.717) is 52.6 Å². The number of hydrogen-bond acceptors (Lipinski definition) is 15. The molecule has 0 aromatic heterocycles. The first-order chi connectivity index (χ1) is 33.2. The van der Waals surface area contributed by atoms with Gasteiger partial charge in [0.05, 0.1) is 40.6 Å². The van der Waals surface area contributed by atoms with Gasteiger partial charge in [-0.2, -0.15) is 0 Å². The molecule has 0 aliphatic heterocycles. The van der Waals surface area contributed by atoms with Crippen molar-refractivity contribution in [3.8, 4) is 0 Å². The summed E-state index contributed by atoms with van der Waals surface area (Å²) in [6.45, 7) is 10.6. The van der Waals surface area contributed by atoms with Gasteiger partial charge in [0.1, 0.15) is 30.9 Å². The normalized spacial score (nSPS) is 11.9. The molecule has 0 saturated heterocycles. The zero-order valence-electron chi connectivity index (χ0n) is 41.1. The van der Waals surface area contributed by atoms with Crippen molar-refractivity contribution >= 4 is 42.0 Å². The summed E-state index contributed by atoms with van der Waals surface area (Å²) in [5, 5.41) is 13.4. The number of hydrogen-bond donors (Lipinski definition) is 5. The van der Waals surface area contributed by atoms with Gasteiger partial charge in [-0.05, 0) is 83.5 Å². The highest BCUT2D eigenvalue weighted by Crippen LogP contribution is 2.09. The maximum Gasteiger partial charge on any atom is 0.408 e. The van der Waals surface area contributed by atoms with Crippen molar-refractivity contribution in [1.82, 2.24) is 31.5 Å². The van der Waals surface area contributed by atoms with Crippen molar-refractivity contribution in [2.24, 2.45) is 0 Å². The van der Waals surface area contributed by atoms with Crippen molar-refractivity contribution in [2.45, 2.75) is 116 Å². The number of alkyl carbamates (subject to hydrolysis) is 3. The molecule has 0 spiro atoms. The summed E-state index contributed by atoms with van der Waals surface area (Å²) in [5.74, 6) is -1.85. The van der Waals surface area contributed by atoms with Crippen LogP contribution in [0.25, 0.3) is 0 Å². The molecule has 5 N–H and O–H groups in total. The molecule has 69 heavy (non-hydrogen) atoms. The van der Waals surface area contributed by atoms with Gasteiger partial charge < -0.3 is 64.6 Å². The third kappa shape index (κ3) is 30.9. The van der Waals surface area contributed by atoms with Crippen LogP contribution in [0.15, 0.2) is 60.7 Å². The van der Waals surface area contributed by atoms with Crippen molar-refractivity contribution in [3.05, 3.63) is 71.8 Å². The first kappa shape index (κ1) is 59.1. The second-order valence-corrected chi connectivity index (χ2v) is 17.0. The first-order valence-electron chi connectivity index (χ1n) is 23.7. The van der Waals surface area contributed by atoms with E-state index in [9.17, 15) is 33.6 Å². The van der Waals surface area contributed by atoms with Gasteiger partial charge in [0.25, 0.3) is 0 Å². The predicted molar refractivity (Wildman–Crippen MR) is 256 cm³/mol. The molecule has 20 nitrogen and oxygen atoms in total. The number of carbonyl (C=O) groups excluding carboxylic acids is 7. The van der Waals surface area contributed by atoms with Crippen molar-refractivity contribution in [2.75, 3.05) is 79.9 Å². The minimum atomic E-state index is -1.04. The van der Waals surface area contributed by atoms with E-state index in [1.807, 2.05) is 60.7 Å². The Hall–Kier alpha value is -5.99. The summed E-state index contributed by atoms with van der Waals surface area (Å²) in [4.78, 5) is 88.6. The Balaban J connectivity index is 1.72. The quantitative estimate of drug-likeness (QED) is 0.0350. The Labute approximate surface area is 406 Å². The lowest BCUT2D eigenvalue weighted by Crippen LogP contribution is -2.42. The Kier molecular flexibility index (Phi) is 30.9. The van der Waals surface area contributed by atoms with Crippen LogP contribution in [0.5, 0.6) is 0 Å². The Morgan fingerprint density at radius 3 is 1.41 bits per heavy atom. The van der Waals surface area contributed by atoms with E-state index in [0.717, 1.165) is 62.7 Å². The lowest BCUT2D eigenvalue weighted by Gasteiger charge is -2.22. The first-order valence-corrected chi connectivity index (χ1v) is 23.7. The fourth-order valence-corrected chi connectivity index (χ4v) is 6.44. The number of unbranched alkanes of at least 4 members (excludes halogenated alkanes) is 4. The molecule has 0 fully saturated rings. The summed E-state index contributed by atoms with van der Waals surface area (Å²) in [6.07, 6.45) is 3.00. The summed E-state index contributed by atoms with van der Waals surface area (Å²) < 4.78 is 36.7. The summed E-state index contributed by atoms with van der Waals surface area (Å²) in [6, 6.07) is 16.1. The minimum absolute atomic E-state index is 0.00541. The van der Waals surface area contributed by atoms with E-state index >= 15 is 0 Å². The van der Waals surface area contributed by atoms with Crippen LogP contribution in [-0.2, 0) is 65.5 Å². The number of rotatable bonds is 35. The minimum Gasteiger partial charge on any atom is -0.467 e. The third-order valence-electron chi connectivity index (χ3n) is 10.1. The highest BCUT2D eigenvalue weighted by Gasteiger charge is 2.25. The van der Waals surface area contributed by atoms with Gasteiger partial charge in [-0.25, -0.2) is 24.0 Å². The summed E-state index contributed by atoms with van der Waals surface area (Å²) in [7, 11) is 2.42. The Bertz CT molecular complexity index is 1680. The van der Waals surface area contributed by atoms with E-state index in [1.165, 1.54) is 14.2 Å². The number of amides is 5. The molecule has 386 valence electrons. The highest BCUT2D eigenvalue weighted by atomic mass is 16.6. The van der Waals surface area contributed by atoms with Gasteiger partial charge in [0.15, 0.2) is 0 Å². The topological polar surface area (TPSA) is 247 Å². The van der Waals surface area contributed by atoms with Crippen molar-refractivity contribution in [1.29, 1.82) is 0 Å². The van der Waals surface area contributed by atoms with Crippen LogP contribution in [0.1, 0.15) is 96.1 Å². The molecule has 2 rings (SSSR count). The van der Waals surface area contributed by atoms with Gasteiger partial charge in [0, 0.05) is 39.0 Å². The average Bonchev–Trinajstić information content (AvgIpc) is 3.33. The molecular weight excluding hydrogens is 897 g/mol. The van der Waals surface area contributed by atoms with Crippen LogP contribution in [0.2, 0.25) is 0 Å². The van der Waals surface area contributed by atoms with E-state index in [4.69, 9.17) is 33.2 Å². The van der Waals surface area contributed by atoms with Crippen LogP contribution >= 0.6 is 0 Å². The largest absolute Gasteiger partial charge is 0.467 e. The SMILES string of the molecule is COC(=O)C(CCC(=O)NCCCCCN(CCCCCNC(=O)CC[C@H](NC(=O)OCc1ccccc1)C(=O)OC)CCOCCOCCNC(=O)OC(C)(C)C)NC(=O)OCc1ccccc1. The van der Waals surface area contributed by atoms with Crippen molar-refractivity contribution < 1.29 is 66.7 Å². The smallest absolute Gasteiger partial charge is 0.408 e. The van der Waals surface area contributed by atoms with Gasteiger partial charge in [-0.15, -0.1) is 0 Å². The molecule has 2 aromatic rings. The second-order valence-electron chi connectivity index (χ2n) is 17.0. The van der Waals surface area contributed by atoms with Gasteiger partial charge in [0.2, 0.25) is 11.8 Å². The summed E-state index contributed by atoms with van der Waals surface area (Å²) in [5.41, 5.74) is 1.01. The molecule has 0 aliphatic rings. The average molecular weight is 973 g/mol. The van der Waals surface area contributed by atoms with Crippen LogP contribution in [0.4, 0.5) is 14.4 Å². The number of nitrogens with one attached hydrogen (secondary N) is 5. The zero-order valence-corrected chi connectivity index (χ0v) is 41.1. The molecule has 0 aliphatic carbocycles. The van der Waals surface area contributed by atoms with Crippen LogP contribution in [0.3, 0.4) is 0 Å². The molecular formula is C49H76N6O14. The van der Waals surface area contributed by atoms with E-state index in [2.05, 4.69) is 31.5 Å². The van der Waals surface area contributed by atoms with Crippen LogP contribution in [0, 0.1) is 0 Å².